The third-order valence-electron chi connectivity index (χ3n) is 6.35. The summed E-state index contributed by atoms with van der Waals surface area (Å²) in [5, 5.41) is 3.39. The van der Waals surface area contributed by atoms with E-state index in [0.717, 1.165) is 33.2 Å². The first kappa shape index (κ1) is 23.2. The van der Waals surface area contributed by atoms with Crippen LogP contribution in [0.4, 0.5) is 0 Å². The van der Waals surface area contributed by atoms with Crippen LogP contribution in [0.5, 0.6) is 5.75 Å². The van der Waals surface area contributed by atoms with Crippen molar-refractivity contribution in [2.45, 2.75) is 43.4 Å². The molecule has 33 heavy (non-hydrogen) atoms. The van der Waals surface area contributed by atoms with Gasteiger partial charge in [-0.3, -0.25) is 4.79 Å². The Labute approximate surface area is 199 Å². The molecule has 1 aliphatic carbocycles. The van der Waals surface area contributed by atoms with Gasteiger partial charge >= 0.3 is 5.97 Å². The Hall–Kier alpha value is -2.99. The number of hydrogen-bond donors (Lipinski definition) is 1. The van der Waals surface area contributed by atoms with Gasteiger partial charge in [-0.25, -0.2) is 4.79 Å². The number of nitrogens with one attached hydrogen (secondary N) is 1. The summed E-state index contributed by atoms with van der Waals surface area (Å²) in [6.07, 6.45) is 3.07. The molecule has 2 aromatic carbocycles. The highest BCUT2D eigenvalue weighted by Crippen LogP contribution is 2.47. The van der Waals surface area contributed by atoms with Crippen molar-refractivity contribution >= 4 is 23.5 Å². The molecular weight excluding hydrogens is 434 g/mol. The van der Waals surface area contributed by atoms with Gasteiger partial charge in [0.05, 0.1) is 19.3 Å². The highest BCUT2D eigenvalue weighted by molar-refractivity contribution is 7.98. The molecule has 1 N–H and O–H groups in total. The number of benzene rings is 2. The van der Waals surface area contributed by atoms with Gasteiger partial charge in [-0.05, 0) is 55.9 Å². The van der Waals surface area contributed by atoms with Crippen molar-refractivity contribution in [1.29, 1.82) is 0 Å². The van der Waals surface area contributed by atoms with Gasteiger partial charge in [0.1, 0.15) is 5.75 Å². The first-order valence-electron chi connectivity index (χ1n) is 11.2. The van der Waals surface area contributed by atoms with Gasteiger partial charge in [-0.2, -0.15) is 0 Å². The number of rotatable bonds is 6. The summed E-state index contributed by atoms with van der Waals surface area (Å²) in [5.74, 6) is 0.0260. The number of carbonyl (C=O) groups excluding carboxylic acids is 2. The van der Waals surface area contributed by atoms with Crippen molar-refractivity contribution in [2.24, 2.45) is 0 Å². The molecule has 0 fully saturated rings. The van der Waals surface area contributed by atoms with Gasteiger partial charge in [0.25, 0.3) is 0 Å². The number of methoxy groups -OCH3 is 1. The van der Waals surface area contributed by atoms with Crippen LogP contribution < -0.4 is 10.1 Å². The topological polar surface area (TPSA) is 64.6 Å². The van der Waals surface area contributed by atoms with Crippen LogP contribution in [0.2, 0.25) is 0 Å². The van der Waals surface area contributed by atoms with Crippen molar-refractivity contribution < 1.29 is 19.1 Å². The van der Waals surface area contributed by atoms with E-state index in [1.807, 2.05) is 61.7 Å². The van der Waals surface area contributed by atoms with Crippen molar-refractivity contribution in [2.75, 3.05) is 20.0 Å². The molecule has 2 aliphatic rings. The number of ketones is 1. The fraction of sp³-hybridized carbons (Fsp3) is 0.333. The fourth-order valence-electron chi connectivity index (χ4n) is 4.87. The molecule has 1 heterocycles. The third-order valence-corrected chi connectivity index (χ3v) is 7.09. The van der Waals surface area contributed by atoms with Crippen molar-refractivity contribution in [3.8, 4) is 5.75 Å². The summed E-state index contributed by atoms with van der Waals surface area (Å²) in [6.45, 7) is 3.96. The van der Waals surface area contributed by atoms with Gasteiger partial charge in [-0.1, -0.05) is 30.3 Å². The minimum Gasteiger partial charge on any atom is -0.496 e. The van der Waals surface area contributed by atoms with Crippen LogP contribution in [0.25, 0.3) is 0 Å². The zero-order valence-electron chi connectivity index (χ0n) is 19.4. The van der Waals surface area contributed by atoms with Crippen molar-refractivity contribution in [3.63, 3.8) is 0 Å². The zero-order chi connectivity index (χ0) is 23.5. The minimum atomic E-state index is -0.442. The van der Waals surface area contributed by atoms with Crippen LogP contribution in [-0.2, 0) is 14.3 Å². The van der Waals surface area contributed by atoms with Crippen molar-refractivity contribution in [1.82, 2.24) is 5.32 Å². The van der Waals surface area contributed by atoms with Crippen LogP contribution in [-0.4, -0.2) is 31.7 Å². The van der Waals surface area contributed by atoms with E-state index in [9.17, 15) is 9.59 Å². The van der Waals surface area contributed by atoms with Gasteiger partial charge in [0, 0.05) is 40.1 Å². The van der Waals surface area contributed by atoms with E-state index >= 15 is 0 Å². The van der Waals surface area contributed by atoms with Gasteiger partial charge in [-0.15, -0.1) is 11.8 Å². The van der Waals surface area contributed by atoms with E-state index in [0.29, 0.717) is 24.0 Å². The summed E-state index contributed by atoms with van der Waals surface area (Å²) < 4.78 is 11.0. The first-order chi connectivity index (χ1) is 16.0. The summed E-state index contributed by atoms with van der Waals surface area (Å²) in [7, 11) is 1.65. The predicted molar refractivity (Wildman–Crippen MR) is 130 cm³/mol. The molecule has 2 unspecified atom stereocenters. The predicted octanol–water partition coefficient (Wildman–Crippen LogP) is 5.34. The lowest BCUT2D eigenvalue weighted by molar-refractivity contribution is -0.138. The summed E-state index contributed by atoms with van der Waals surface area (Å²) in [6, 6.07) is 16.0. The molecule has 4 rings (SSSR count). The monoisotopic (exact) mass is 463 g/mol. The highest BCUT2D eigenvalue weighted by atomic mass is 32.2. The molecule has 6 heteroatoms. The van der Waals surface area contributed by atoms with E-state index in [-0.39, 0.29) is 24.3 Å². The highest BCUT2D eigenvalue weighted by Gasteiger charge is 2.41. The Morgan fingerprint density at radius 2 is 1.85 bits per heavy atom. The fourth-order valence-corrected chi connectivity index (χ4v) is 5.28. The van der Waals surface area contributed by atoms with Gasteiger partial charge < -0.3 is 14.8 Å². The molecule has 0 amide bonds. The lowest BCUT2D eigenvalue weighted by Gasteiger charge is -2.37. The summed E-state index contributed by atoms with van der Waals surface area (Å²) >= 11 is 1.66. The summed E-state index contributed by atoms with van der Waals surface area (Å²) in [5.41, 5.74) is 4.75. The number of para-hydroxylation sites is 1. The molecule has 1 aliphatic heterocycles. The number of allylic oxidation sites excluding steroid dienone is 3. The number of thioether (sulfide) groups is 1. The van der Waals surface area contributed by atoms with E-state index in [1.165, 1.54) is 0 Å². The molecule has 0 radical (unpaired) electrons. The van der Waals surface area contributed by atoms with Gasteiger partial charge in [0.15, 0.2) is 5.78 Å². The summed E-state index contributed by atoms with van der Waals surface area (Å²) in [4.78, 5) is 27.8. The Kier molecular flexibility index (Phi) is 6.94. The smallest absolute Gasteiger partial charge is 0.336 e. The lowest BCUT2D eigenvalue weighted by Crippen LogP contribution is -2.36. The van der Waals surface area contributed by atoms with Crippen LogP contribution in [0.1, 0.15) is 49.7 Å². The number of esters is 1. The Morgan fingerprint density at radius 1 is 1.12 bits per heavy atom. The quantitative estimate of drug-likeness (QED) is 0.461. The van der Waals surface area contributed by atoms with E-state index < -0.39 is 5.92 Å². The maximum absolute atomic E-state index is 13.6. The van der Waals surface area contributed by atoms with Crippen molar-refractivity contribution in [3.05, 3.63) is 82.2 Å². The average molecular weight is 464 g/mol. The molecule has 0 bridgehead atoms. The molecule has 5 nitrogen and oxygen atoms in total. The second-order valence-electron chi connectivity index (χ2n) is 8.25. The number of ether oxygens (including phenoxy) is 2. The van der Waals surface area contributed by atoms with E-state index in [1.54, 1.807) is 25.8 Å². The molecular formula is C27H29NO4S. The maximum Gasteiger partial charge on any atom is 0.336 e. The number of dihydropyridines is 1. The zero-order valence-corrected chi connectivity index (χ0v) is 20.3. The largest absolute Gasteiger partial charge is 0.496 e. The van der Waals surface area contributed by atoms with E-state index in [4.69, 9.17) is 9.47 Å². The van der Waals surface area contributed by atoms with E-state index in [2.05, 4.69) is 5.32 Å². The molecule has 2 atom stereocenters. The second kappa shape index (κ2) is 9.87. The molecule has 0 spiro atoms. The normalized spacial score (nSPS) is 20.3. The Balaban J connectivity index is 1.80. The lowest BCUT2D eigenvalue weighted by atomic mass is 9.71. The molecule has 0 aromatic heterocycles. The Morgan fingerprint density at radius 3 is 2.52 bits per heavy atom. The molecule has 0 saturated carbocycles. The number of hydrogen-bond acceptors (Lipinski definition) is 6. The molecule has 172 valence electrons. The van der Waals surface area contributed by atoms with Crippen LogP contribution in [0.3, 0.4) is 0 Å². The van der Waals surface area contributed by atoms with Crippen LogP contribution in [0.15, 0.2) is 76.0 Å². The third kappa shape index (κ3) is 4.44. The second-order valence-corrected chi connectivity index (χ2v) is 9.13. The van der Waals surface area contributed by atoms with Crippen LogP contribution in [0, 0.1) is 0 Å². The number of Topliss-reactive ketones (excluding diaryl/α,β-unsaturated/α-hetero) is 1. The minimum absolute atomic E-state index is 0.0105. The van der Waals surface area contributed by atoms with Gasteiger partial charge in [0.2, 0.25) is 0 Å². The average Bonchev–Trinajstić information content (AvgIpc) is 2.83. The SMILES string of the molecule is CCOC(=O)C1=C(C)NC2=C(C(=O)CC(c3ccccc3OC)C2)C1c1ccc(SC)cc1. The van der Waals surface area contributed by atoms with Crippen LogP contribution >= 0.6 is 11.8 Å². The first-order valence-corrected chi connectivity index (χ1v) is 12.4. The Bertz CT molecular complexity index is 1130. The number of carbonyl (C=O) groups is 2. The maximum atomic E-state index is 13.6. The molecule has 2 aromatic rings. The molecule has 0 saturated heterocycles. The standard InChI is InChI=1S/C27H29NO4S/c1-5-32-27(30)24-16(2)28-21-14-18(20-8-6-7-9-23(20)31-3)15-22(29)26(21)25(24)17-10-12-19(33-4)13-11-17/h6-13,18,25,28H,5,14-15H2,1-4H3.